The molecule has 1 aliphatic carbocycles. The van der Waals surface area contributed by atoms with E-state index in [2.05, 4.69) is 24.8 Å². The SMILES string of the molecule is CNCS(=O)(=O)NCc1ccnc(N2CCN(C3CCCC3)CC2)c1. The molecule has 0 unspecified atom stereocenters. The minimum Gasteiger partial charge on any atom is -0.354 e. The number of aromatic nitrogens is 1. The van der Waals surface area contributed by atoms with Gasteiger partial charge < -0.3 is 10.2 Å². The van der Waals surface area contributed by atoms with Gasteiger partial charge >= 0.3 is 0 Å². The summed E-state index contributed by atoms with van der Waals surface area (Å²) in [7, 11) is -1.67. The van der Waals surface area contributed by atoms with Crippen molar-refractivity contribution in [1.29, 1.82) is 0 Å². The predicted octanol–water partition coefficient (Wildman–Crippen LogP) is 0.743. The minimum atomic E-state index is -3.29. The number of pyridine rings is 1. The van der Waals surface area contributed by atoms with E-state index in [1.54, 1.807) is 13.2 Å². The highest BCUT2D eigenvalue weighted by atomic mass is 32.2. The number of hydrogen-bond acceptors (Lipinski definition) is 6. The second-order valence-corrected chi connectivity index (χ2v) is 8.72. The first-order valence-electron chi connectivity index (χ1n) is 9.13. The highest BCUT2D eigenvalue weighted by Gasteiger charge is 2.26. The van der Waals surface area contributed by atoms with Gasteiger partial charge in [-0.1, -0.05) is 12.8 Å². The third kappa shape index (κ3) is 5.13. The van der Waals surface area contributed by atoms with Gasteiger partial charge in [0, 0.05) is 45.0 Å². The summed E-state index contributed by atoms with van der Waals surface area (Å²) in [4.78, 5) is 9.41. The first kappa shape index (κ1) is 18.6. The summed E-state index contributed by atoms with van der Waals surface area (Å²) in [5.74, 6) is 0.866. The van der Waals surface area contributed by atoms with Crippen LogP contribution in [0.5, 0.6) is 0 Å². The van der Waals surface area contributed by atoms with Crippen molar-refractivity contribution in [2.24, 2.45) is 0 Å². The lowest BCUT2D eigenvalue weighted by Crippen LogP contribution is -2.50. The van der Waals surface area contributed by atoms with Crippen molar-refractivity contribution in [3.05, 3.63) is 23.9 Å². The van der Waals surface area contributed by atoms with E-state index in [9.17, 15) is 8.42 Å². The van der Waals surface area contributed by atoms with Crippen LogP contribution in [-0.4, -0.2) is 63.4 Å². The maximum Gasteiger partial charge on any atom is 0.224 e. The standard InChI is InChI=1S/C17H29N5O2S/c1-18-14-25(23,24)20-13-15-6-7-19-17(12-15)22-10-8-21(9-11-22)16-4-2-3-5-16/h6-7,12,16,18,20H,2-5,8-11,13-14H2,1H3. The van der Waals surface area contributed by atoms with Gasteiger partial charge in [-0.25, -0.2) is 18.1 Å². The Bertz CT molecular complexity index is 653. The number of piperazine rings is 1. The highest BCUT2D eigenvalue weighted by molar-refractivity contribution is 7.89. The minimum absolute atomic E-state index is 0.0753. The third-order valence-electron chi connectivity index (χ3n) is 5.12. The van der Waals surface area contributed by atoms with Crippen LogP contribution >= 0.6 is 0 Å². The van der Waals surface area contributed by atoms with Crippen LogP contribution in [-0.2, 0) is 16.6 Å². The zero-order chi connectivity index (χ0) is 17.7. The number of hydrogen-bond donors (Lipinski definition) is 2. The van der Waals surface area contributed by atoms with Crippen molar-refractivity contribution in [1.82, 2.24) is 19.9 Å². The van der Waals surface area contributed by atoms with Gasteiger partial charge in [0.05, 0.1) is 0 Å². The van der Waals surface area contributed by atoms with Crippen molar-refractivity contribution in [3.63, 3.8) is 0 Å². The Morgan fingerprint density at radius 3 is 2.60 bits per heavy atom. The van der Waals surface area contributed by atoms with Crippen molar-refractivity contribution in [2.45, 2.75) is 38.3 Å². The molecule has 0 amide bonds. The Labute approximate surface area is 150 Å². The summed E-state index contributed by atoms with van der Waals surface area (Å²) in [6, 6.07) is 4.64. The first-order chi connectivity index (χ1) is 12.1. The summed E-state index contributed by atoms with van der Waals surface area (Å²) in [5.41, 5.74) is 0.933. The Morgan fingerprint density at radius 1 is 1.20 bits per heavy atom. The molecule has 140 valence electrons. The normalized spacial score (nSPS) is 20.3. The quantitative estimate of drug-likeness (QED) is 0.740. The van der Waals surface area contributed by atoms with Crippen LogP contribution in [0.4, 0.5) is 5.82 Å². The summed E-state index contributed by atoms with van der Waals surface area (Å²) >= 11 is 0. The number of nitrogens with zero attached hydrogens (tertiary/aromatic N) is 3. The molecule has 3 rings (SSSR count). The zero-order valence-electron chi connectivity index (χ0n) is 14.9. The van der Waals surface area contributed by atoms with Crippen molar-refractivity contribution in [3.8, 4) is 0 Å². The summed E-state index contributed by atoms with van der Waals surface area (Å²) in [5, 5.41) is 2.66. The van der Waals surface area contributed by atoms with E-state index in [4.69, 9.17) is 0 Å². The van der Waals surface area contributed by atoms with Crippen LogP contribution < -0.4 is 14.9 Å². The van der Waals surface area contributed by atoms with E-state index in [0.717, 1.165) is 43.6 Å². The molecule has 0 radical (unpaired) electrons. The number of nitrogens with one attached hydrogen (secondary N) is 2. The Hall–Kier alpha value is -1.22. The molecule has 2 heterocycles. The third-order valence-corrected chi connectivity index (χ3v) is 6.37. The van der Waals surface area contributed by atoms with E-state index >= 15 is 0 Å². The van der Waals surface area contributed by atoms with E-state index < -0.39 is 10.0 Å². The van der Waals surface area contributed by atoms with Gasteiger partial charge in [0.15, 0.2) is 0 Å². The lowest BCUT2D eigenvalue weighted by molar-refractivity contribution is 0.187. The fourth-order valence-electron chi connectivity index (χ4n) is 3.76. The lowest BCUT2D eigenvalue weighted by atomic mass is 10.1. The van der Waals surface area contributed by atoms with Gasteiger partial charge in [-0.2, -0.15) is 0 Å². The van der Waals surface area contributed by atoms with Crippen LogP contribution in [0.1, 0.15) is 31.2 Å². The van der Waals surface area contributed by atoms with Gasteiger partial charge in [0.25, 0.3) is 0 Å². The molecule has 2 fully saturated rings. The topological polar surface area (TPSA) is 77.6 Å². The van der Waals surface area contributed by atoms with Gasteiger partial charge in [0.1, 0.15) is 11.7 Å². The van der Waals surface area contributed by atoms with Crippen molar-refractivity contribution in [2.75, 3.05) is 44.0 Å². The largest absolute Gasteiger partial charge is 0.354 e. The molecule has 0 atom stereocenters. The molecule has 1 saturated carbocycles. The summed E-state index contributed by atoms with van der Waals surface area (Å²) in [6.07, 6.45) is 7.21. The lowest BCUT2D eigenvalue weighted by Gasteiger charge is -2.38. The van der Waals surface area contributed by atoms with Gasteiger partial charge in [0.2, 0.25) is 10.0 Å². The Kier molecular flexibility index (Phi) is 6.27. The van der Waals surface area contributed by atoms with E-state index in [1.165, 1.54) is 25.7 Å². The molecule has 1 saturated heterocycles. The molecule has 1 aromatic rings. The smallest absolute Gasteiger partial charge is 0.224 e. The van der Waals surface area contributed by atoms with E-state index in [0.29, 0.717) is 6.54 Å². The van der Waals surface area contributed by atoms with Gasteiger partial charge in [-0.15, -0.1) is 0 Å². The van der Waals surface area contributed by atoms with Crippen molar-refractivity contribution < 1.29 is 8.42 Å². The highest BCUT2D eigenvalue weighted by Crippen LogP contribution is 2.25. The maximum absolute atomic E-state index is 11.7. The monoisotopic (exact) mass is 367 g/mol. The van der Waals surface area contributed by atoms with Crippen LogP contribution in [0.25, 0.3) is 0 Å². The average Bonchev–Trinajstić information content (AvgIpc) is 3.15. The molecule has 25 heavy (non-hydrogen) atoms. The second-order valence-electron chi connectivity index (χ2n) is 6.92. The molecule has 7 nitrogen and oxygen atoms in total. The predicted molar refractivity (Wildman–Crippen MR) is 100.0 cm³/mol. The van der Waals surface area contributed by atoms with E-state index in [-0.39, 0.29) is 5.88 Å². The molecule has 0 spiro atoms. The molecule has 2 N–H and O–H groups in total. The van der Waals surface area contributed by atoms with Crippen LogP contribution in [0.15, 0.2) is 18.3 Å². The Morgan fingerprint density at radius 2 is 1.92 bits per heavy atom. The molecule has 1 aliphatic heterocycles. The number of sulfonamides is 1. The molecule has 8 heteroatoms. The second kappa shape index (κ2) is 8.44. The molecule has 0 bridgehead atoms. The fraction of sp³-hybridized carbons (Fsp3) is 0.706. The molecular weight excluding hydrogens is 338 g/mol. The maximum atomic E-state index is 11.7. The molecule has 2 aliphatic rings. The number of anilines is 1. The Balaban J connectivity index is 1.55. The first-order valence-corrected chi connectivity index (χ1v) is 10.8. The molecule has 1 aromatic heterocycles. The van der Waals surface area contributed by atoms with Gasteiger partial charge in [-0.05, 0) is 37.6 Å². The molecule has 0 aromatic carbocycles. The molecular formula is C17H29N5O2S. The van der Waals surface area contributed by atoms with Crippen LogP contribution in [0, 0.1) is 0 Å². The summed E-state index contributed by atoms with van der Waals surface area (Å²) in [6.45, 7) is 4.44. The fourth-order valence-corrected chi connectivity index (χ4v) is 4.63. The van der Waals surface area contributed by atoms with Crippen molar-refractivity contribution >= 4 is 15.8 Å². The van der Waals surface area contributed by atoms with Gasteiger partial charge in [-0.3, -0.25) is 4.90 Å². The average molecular weight is 368 g/mol. The zero-order valence-corrected chi connectivity index (χ0v) is 15.8. The summed E-state index contributed by atoms with van der Waals surface area (Å²) < 4.78 is 26.1. The van der Waals surface area contributed by atoms with E-state index in [1.807, 2.05) is 12.1 Å². The van der Waals surface area contributed by atoms with Crippen LogP contribution in [0.2, 0.25) is 0 Å². The number of rotatable bonds is 7. The van der Waals surface area contributed by atoms with Crippen LogP contribution in [0.3, 0.4) is 0 Å².